The summed E-state index contributed by atoms with van der Waals surface area (Å²) in [6.45, 7) is 5.40. The Morgan fingerprint density at radius 3 is 2.88 bits per heavy atom. The highest BCUT2D eigenvalue weighted by atomic mass is 19.1. The number of benzene rings is 1. The first-order valence-electron chi connectivity index (χ1n) is 8.42. The van der Waals surface area contributed by atoms with Crippen LogP contribution in [0.2, 0.25) is 0 Å². The van der Waals surface area contributed by atoms with E-state index in [0.29, 0.717) is 36.5 Å². The molecular formula is C18H22FN3O3. The van der Waals surface area contributed by atoms with Crippen LogP contribution in [0.3, 0.4) is 0 Å². The van der Waals surface area contributed by atoms with E-state index in [0.717, 1.165) is 6.42 Å². The second-order valence-corrected chi connectivity index (χ2v) is 6.48. The lowest BCUT2D eigenvalue weighted by molar-refractivity contribution is -0.126. The summed E-state index contributed by atoms with van der Waals surface area (Å²) in [6.07, 6.45) is 0.873. The molecule has 1 aromatic carbocycles. The van der Waals surface area contributed by atoms with Crippen LogP contribution in [0.1, 0.15) is 31.9 Å². The lowest BCUT2D eigenvalue weighted by Gasteiger charge is -2.25. The molecule has 0 bridgehead atoms. The molecule has 2 aliphatic heterocycles. The molecule has 2 aliphatic rings. The van der Waals surface area contributed by atoms with Crippen molar-refractivity contribution >= 4 is 11.9 Å². The molecule has 3 amide bonds. The van der Waals surface area contributed by atoms with Crippen LogP contribution >= 0.6 is 0 Å². The zero-order valence-corrected chi connectivity index (χ0v) is 14.3. The zero-order chi connectivity index (χ0) is 18.0. The molecule has 0 unspecified atom stereocenters. The summed E-state index contributed by atoms with van der Waals surface area (Å²) in [7, 11) is 0. The van der Waals surface area contributed by atoms with Gasteiger partial charge in [0.1, 0.15) is 5.82 Å². The third kappa shape index (κ3) is 3.82. The topological polar surface area (TPSA) is 70.7 Å². The van der Waals surface area contributed by atoms with Crippen LogP contribution in [0.4, 0.5) is 9.18 Å². The summed E-state index contributed by atoms with van der Waals surface area (Å²) in [5.74, 6) is -0.540. The highest BCUT2D eigenvalue weighted by Gasteiger charge is 2.40. The molecule has 7 heteroatoms. The number of nitrogens with one attached hydrogen (secondary N) is 2. The Kier molecular flexibility index (Phi) is 5.03. The number of carbonyl (C=O) groups excluding carboxylic acids is 2. The first-order chi connectivity index (χ1) is 12.0. The second-order valence-electron chi connectivity index (χ2n) is 6.48. The second kappa shape index (κ2) is 7.23. The van der Waals surface area contributed by atoms with Crippen molar-refractivity contribution in [2.45, 2.75) is 32.4 Å². The number of carbonyl (C=O) groups is 2. The van der Waals surface area contributed by atoms with Crippen LogP contribution < -0.4 is 10.6 Å². The molecule has 2 N–H and O–H groups in total. The van der Waals surface area contributed by atoms with E-state index < -0.39 is 11.9 Å². The number of nitrogens with zero attached hydrogens (tertiary/aromatic N) is 1. The van der Waals surface area contributed by atoms with E-state index in [1.807, 2.05) is 13.8 Å². The van der Waals surface area contributed by atoms with Gasteiger partial charge in [0, 0.05) is 13.2 Å². The summed E-state index contributed by atoms with van der Waals surface area (Å²) < 4.78 is 19.1. The Bertz CT molecular complexity index is 717. The number of hydrogen-bond donors (Lipinski definition) is 2. The van der Waals surface area contributed by atoms with Gasteiger partial charge in [-0.1, -0.05) is 12.1 Å². The first kappa shape index (κ1) is 17.4. The Balaban J connectivity index is 1.74. The van der Waals surface area contributed by atoms with E-state index >= 15 is 0 Å². The third-order valence-corrected chi connectivity index (χ3v) is 4.23. The van der Waals surface area contributed by atoms with Gasteiger partial charge in [0.2, 0.25) is 0 Å². The van der Waals surface area contributed by atoms with E-state index in [1.54, 1.807) is 17.0 Å². The van der Waals surface area contributed by atoms with E-state index in [4.69, 9.17) is 4.74 Å². The fourth-order valence-corrected chi connectivity index (χ4v) is 3.12. The predicted molar refractivity (Wildman–Crippen MR) is 90.1 cm³/mol. The monoisotopic (exact) mass is 347 g/mol. The Labute approximate surface area is 146 Å². The van der Waals surface area contributed by atoms with Gasteiger partial charge in [0.25, 0.3) is 5.91 Å². The SMILES string of the molecule is CC(C)OCCCN1CC2=C(C1=O)[C@@H](c1cccc(F)c1)NC(=O)N2. The molecule has 0 saturated carbocycles. The minimum atomic E-state index is -0.635. The molecule has 3 rings (SSSR count). The van der Waals surface area contributed by atoms with E-state index in [9.17, 15) is 14.0 Å². The van der Waals surface area contributed by atoms with Crippen molar-refractivity contribution in [2.75, 3.05) is 19.7 Å². The van der Waals surface area contributed by atoms with Crippen molar-refractivity contribution in [2.24, 2.45) is 0 Å². The number of urea groups is 1. The fourth-order valence-electron chi connectivity index (χ4n) is 3.12. The maximum atomic E-state index is 13.6. The quantitative estimate of drug-likeness (QED) is 0.774. The van der Waals surface area contributed by atoms with Crippen molar-refractivity contribution in [3.05, 3.63) is 46.9 Å². The van der Waals surface area contributed by atoms with Gasteiger partial charge < -0.3 is 20.3 Å². The van der Waals surface area contributed by atoms with Gasteiger partial charge in [0.15, 0.2) is 0 Å². The van der Waals surface area contributed by atoms with Crippen LogP contribution in [-0.4, -0.2) is 42.6 Å². The van der Waals surface area contributed by atoms with Crippen LogP contribution in [0.15, 0.2) is 35.5 Å². The number of ether oxygens (including phenoxy) is 1. The zero-order valence-electron chi connectivity index (χ0n) is 14.3. The van der Waals surface area contributed by atoms with E-state index in [2.05, 4.69) is 10.6 Å². The van der Waals surface area contributed by atoms with Gasteiger partial charge in [-0.2, -0.15) is 0 Å². The standard InChI is InChI=1S/C18H22FN3O3/c1-11(2)25-8-4-7-22-10-14-15(17(22)23)16(21-18(24)20-14)12-5-3-6-13(19)9-12/h3,5-6,9,11,16H,4,7-8,10H2,1-2H3,(H2,20,21,24)/t16-/m1/s1. The molecule has 0 aliphatic carbocycles. The normalized spacial score (nSPS) is 20.0. The maximum absolute atomic E-state index is 13.6. The molecule has 1 aromatic rings. The molecule has 0 radical (unpaired) electrons. The third-order valence-electron chi connectivity index (χ3n) is 4.23. The number of amides is 3. The Morgan fingerprint density at radius 1 is 1.36 bits per heavy atom. The number of hydrogen-bond acceptors (Lipinski definition) is 3. The molecule has 2 heterocycles. The maximum Gasteiger partial charge on any atom is 0.319 e. The van der Waals surface area contributed by atoms with Gasteiger partial charge in [-0.3, -0.25) is 4.79 Å². The van der Waals surface area contributed by atoms with Crippen molar-refractivity contribution in [1.29, 1.82) is 0 Å². The van der Waals surface area contributed by atoms with Gasteiger partial charge in [0.05, 0.1) is 30.0 Å². The smallest absolute Gasteiger partial charge is 0.319 e. The van der Waals surface area contributed by atoms with Crippen LogP contribution in [-0.2, 0) is 9.53 Å². The molecule has 0 fully saturated rings. The minimum absolute atomic E-state index is 0.138. The largest absolute Gasteiger partial charge is 0.379 e. The van der Waals surface area contributed by atoms with Crippen LogP contribution in [0.5, 0.6) is 0 Å². The average Bonchev–Trinajstić information content (AvgIpc) is 2.86. The summed E-state index contributed by atoms with van der Waals surface area (Å²) in [6, 6.07) is 4.93. The highest BCUT2D eigenvalue weighted by Crippen LogP contribution is 2.32. The molecule has 134 valence electrons. The Hall–Kier alpha value is -2.41. The summed E-state index contributed by atoms with van der Waals surface area (Å²) in [4.78, 5) is 26.4. The molecular weight excluding hydrogens is 325 g/mol. The lowest BCUT2D eigenvalue weighted by Crippen LogP contribution is -2.44. The summed E-state index contributed by atoms with van der Waals surface area (Å²) in [5, 5.41) is 5.42. The molecule has 0 spiro atoms. The van der Waals surface area contributed by atoms with Crippen molar-refractivity contribution in [3.8, 4) is 0 Å². The molecule has 6 nitrogen and oxygen atoms in total. The van der Waals surface area contributed by atoms with Crippen molar-refractivity contribution < 1.29 is 18.7 Å². The molecule has 0 aromatic heterocycles. The van der Waals surface area contributed by atoms with Gasteiger partial charge in [-0.15, -0.1) is 0 Å². The number of rotatable bonds is 6. The van der Waals surface area contributed by atoms with Gasteiger partial charge >= 0.3 is 6.03 Å². The molecule has 25 heavy (non-hydrogen) atoms. The van der Waals surface area contributed by atoms with E-state index in [1.165, 1.54) is 12.1 Å². The summed E-state index contributed by atoms with van der Waals surface area (Å²) >= 11 is 0. The summed E-state index contributed by atoms with van der Waals surface area (Å²) in [5.41, 5.74) is 1.63. The number of halogens is 1. The molecule has 0 saturated heterocycles. The predicted octanol–water partition coefficient (Wildman–Crippen LogP) is 2.09. The van der Waals surface area contributed by atoms with Crippen LogP contribution in [0, 0.1) is 5.82 Å². The Morgan fingerprint density at radius 2 is 2.16 bits per heavy atom. The van der Waals surface area contributed by atoms with Gasteiger partial charge in [-0.05, 0) is 38.0 Å². The highest BCUT2D eigenvalue weighted by molar-refractivity contribution is 6.01. The van der Waals surface area contributed by atoms with Crippen molar-refractivity contribution in [1.82, 2.24) is 15.5 Å². The van der Waals surface area contributed by atoms with Gasteiger partial charge in [-0.25, -0.2) is 9.18 Å². The lowest BCUT2D eigenvalue weighted by atomic mass is 9.96. The van der Waals surface area contributed by atoms with Crippen LogP contribution in [0.25, 0.3) is 0 Å². The average molecular weight is 347 g/mol. The first-order valence-corrected chi connectivity index (χ1v) is 8.42. The minimum Gasteiger partial charge on any atom is -0.379 e. The van der Waals surface area contributed by atoms with E-state index in [-0.39, 0.29) is 18.0 Å². The molecule has 1 atom stereocenters. The fraction of sp³-hybridized carbons (Fsp3) is 0.444. The van der Waals surface area contributed by atoms with Crippen molar-refractivity contribution in [3.63, 3.8) is 0 Å².